The summed E-state index contributed by atoms with van der Waals surface area (Å²) in [6.45, 7) is 4.30. The molecule has 4 nitrogen and oxygen atoms in total. The number of nitrogens with zero attached hydrogens (tertiary/aromatic N) is 2. The Morgan fingerprint density at radius 3 is 2.79 bits per heavy atom. The molecule has 5 heteroatoms. The molecule has 1 atom stereocenters. The van der Waals surface area contributed by atoms with E-state index in [0.29, 0.717) is 6.04 Å². The lowest BCUT2D eigenvalue weighted by molar-refractivity contribution is 0.467. The van der Waals surface area contributed by atoms with Crippen LogP contribution in [0.5, 0.6) is 0 Å². The number of nitrogens with one attached hydrogen (secondary N) is 1. The van der Waals surface area contributed by atoms with Gasteiger partial charge in [0.05, 0.1) is 11.7 Å². The number of hydrogen-bond donors (Lipinski definition) is 2. The maximum atomic E-state index is 5.74. The second kappa shape index (κ2) is 7.31. The van der Waals surface area contributed by atoms with Gasteiger partial charge in [-0.1, -0.05) is 19.3 Å². The molecule has 0 amide bonds. The van der Waals surface area contributed by atoms with E-state index in [9.17, 15) is 0 Å². The zero-order chi connectivity index (χ0) is 13.7. The molecule has 0 radical (unpaired) electrons. The molecule has 1 aromatic rings. The molecule has 0 saturated heterocycles. The first-order valence-electron chi connectivity index (χ1n) is 7.33. The van der Waals surface area contributed by atoms with E-state index >= 15 is 0 Å². The minimum absolute atomic E-state index is 0.192. The summed E-state index contributed by atoms with van der Waals surface area (Å²) in [5.74, 6) is 6.77. The molecule has 0 aromatic carbocycles. The fourth-order valence-corrected chi connectivity index (χ4v) is 4.11. The van der Waals surface area contributed by atoms with Gasteiger partial charge in [-0.3, -0.25) is 16.0 Å². The van der Waals surface area contributed by atoms with Crippen molar-refractivity contribution in [2.24, 2.45) is 5.84 Å². The van der Waals surface area contributed by atoms with Gasteiger partial charge < -0.3 is 0 Å². The van der Waals surface area contributed by atoms with E-state index in [1.165, 1.54) is 37.8 Å². The van der Waals surface area contributed by atoms with Crippen LogP contribution in [0.3, 0.4) is 0 Å². The number of rotatable bonds is 6. The van der Waals surface area contributed by atoms with Crippen LogP contribution in [0, 0.1) is 0 Å². The maximum absolute atomic E-state index is 5.74. The van der Waals surface area contributed by atoms with E-state index in [0.717, 1.165) is 11.0 Å². The summed E-state index contributed by atoms with van der Waals surface area (Å²) in [4.78, 5) is 0. The van der Waals surface area contributed by atoms with Crippen molar-refractivity contribution in [2.75, 3.05) is 5.75 Å². The third-order valence-corrected chi connectivity index (χ3v) is 5.27. The molecule has 3 N–H and O–H groups in total. The van der Waals surface area contributed by atoms with Crippen molar-refractivity contribution in [1.29, 1.82) is 0 Å². The molecule has 2 rings (SSSR count). The second-order valence-electron chi connectivity index (χ2n) is 5.61. The van der Waals surface area contributed by atoms with E-state index in [1.807, 2.05) is 6.20 Å². The predicted molar refractivity (Wildman–Crippen MR) is 82.0 cm³/mol. The highest BCUT2D eigenvalue weighted by molar-refractivity contribution is 7.99. The topological polar surface area (TPSA) is 55.9 Å². The molecule has 1 aliphatic rings. The first-order valence-corrected chi connectivity index (χ1v) is 8.38. The summed E-state index contributed by atoms with van der Waals surface area (Å²) in [6.07, 6.45) is 8.79. The van der Waals surface area contributed by atoms with E-state index in [4.69, 9.17) is 5.84 Å². The number of aromatic nitrogens is 2. The smallest absolute Gasteiger partial charge is 0.0719 e. The Kier molecular flexibility index (Phi) is 5.73. The molecular weight excluding hydrogens is 256 g/mol. The van der Waals surface area contributed by atoms with Crippen molar-refractivity contribution in [3.05, 3.63) is 18.0 Å². The van der Waals surface area contributed by atoms with E-state index in [2.05, 4.69) is 46.9 Å². The Hall–Kier alpha value is -0.520. The second-order valence-corrected chi connectivity index (χ2v) is 6.94. The summed E-state index contributed by atoms with van der Waals surface area (Å²) in [7, 11) is 0. The van der Waals surface area contributed by atoms with Gasteiger partial charge in [0.2, 0.25) is 0 Å². The first kappa shape index (κ1) is 14.9. The Bertz CT molecular complexity index is 371. The SMILES string of the molecule is CC(C)n1nccc1C(CSC1CCCCC1)NN. The van der Waals surface area contributed by atoms with Crippen molar-refractivity contribution in [2.45, 2.75) is 63.3 Å². The maximum Gasteiger partial charge on any atom is 0.0719 e. The Balaban J connectivity index is 1.93. The van der Waals surface area contributed by atoms with E-state index < -0.39 is 0 Å². The Morgan fingerprint density at radius 2 is 2.16 bits per heavy atom. The van der Waals surface area contributed by atoms with Gasteiger partial charge in [-0.2, -0.15) is 16.9 Å². The third kappa shape index (κ3) is 3.97. The predicted octanol–water partition coefficient (Wildman–Crippen LogP) is 3.03. The lowest BCUT2D eigenvalue weighted by Gasteiger charge is -2.24. The van der Waals surface area contributed by atoms with Gasteiger partial charge in [-0.15, -0.1) is 0 Å². The lowest BCUT2D eigenvalue weighted by Crippen LogP contribution is -2.32. The average molecular weight is 282 g/mol. The fourth-order valence-electron chi connectivity index (χ4n) is 2.71. The van der Waals surface area contributed by atoms with Crippen LogP contribution in [0.4, 0.5) is 0 Å². The molecule has 0 aliphatic heterocycles. The van der Waals surface area contributed by atoms with Crippen LogP contribution in [0.2, 0.25) is 0 Å². The van der Waals surface area contributed by atoms with E-state index in [-0.39, 0.29) is 6.04 Å². The summed E-state index contributed by atoms with van der Waals surface area (Å²) >= 11 is 2.07. The highest BCUT2D eigenvalue weighted by Gasteiger charge is 2.20. The van der Waals surface area contributed by atoms with Crippen LogP contribution in [0.1, 0.15) is 63.7 Å². The zero-order valence-electron chi connectivity index (χ0n) is 12.0. The van der Waals surface area contributed by atoms with Crippen LogP contribution < -0.4 is 11.3 Å². The summed E-state index contributed by atoms with van der Waals surface area (Å²) < 4.78 is 2.06. The van der Waals surface area contributed by atoms with Crippen LogP contribution in [-0.2, 0) is 0 Å². The number of hydrogen-bond acceptors (Lipinski definition) is 4. The molecule has 108 valence electrons. The fraction of sp³-hybridized carbons (Fsp3) is 0.786. The Morgan fingerprint density at radius 1 is 1.42 bits per heavy atom. The van der Waals surface area contributed by atoms with Crippen molar-refractivity contribution in [3.8, 4) is 0 Å². The third-order valence-electron chi connectivity index (χ3n) is 3.80. The van der Waals surface area contributed by atoms with Crippen LogP contribution >= 0.6 is 11.8 Å². The van der Waals surface area contributed by atoms with Gasteiger partial charge in [0, 0.05) is 23.2 Å². The van der Waals surface area contributed by atoms with Gasteiger partial charge in [-0.25, -0.2) is 0 Å². The van der Waals surface area contributed by atoms with Crippen molar-refractivity contribution in [1.82, 2.24) is 15.2 Å². The molecule has 1 aromatic heterocycles. The molecule has 1 unspecified atom stereocenters. The number of nitrogens with two attached hydrogens (primary N) is 1. The highest BCUT2D eigenvalue weighted by atomic mass is 32.2. The first-order chi connectivity index (χ1) is 9.22. The summed E-state index contributed by atoms with van der Waals surface area (Å²) in [5.41, 5.74) is 4.15. The van der Waals surface area contributed by atoms with Crippen molar-refractivity contribution < 1.29 is 0 Å². The molecule has 0 spiro atoms. The van der Waals surface area contributed by atoms with Crippen molar-refractivity contribution in [3.63, 3.8) is 0 Å². The average Bonchev–Trinajstić information content (AvgIpc) is 2.90. The number of thioether (sulfide) groups is 1. The van der Waals surface area contributed by atoms with Gasteiger partial charge in [0.1, 0.15) is 0 Å². The minimum atomic E-state index is 0.192. The van der Waals surface area contributed by atoms with E-state index in [1.54, 1.807) is 0 Å². The van der Waals surface area contributed by atoms with Crippen LogP contribution in [0.15, 0.2) is 12.3 Å². The normalized spacial score (nSPS) is 18.9. The molecule has 1 aliphatic carbocycles. The van der Waals surface area contributed by atoms with Gasteiger partial charge in [0.25, 0.3) is 0 Å². The summed E-state index contributed by atoms with van der Waals surface area (Å²) in [5, 5.41) is 5.21. The monoisotopic (exact) mass is 282 g/mol. The molecule has 1 fully saturated rings. The largest absolute Gasteiger partial charge is 0.271 e. The molecule has 1 heterocycles. The van der Waals surface area contributed by atoms with Crippen LogP contribution in [0.25, 0.3) is 0 Å². The highest BCUT2D eigenvalue weighted by Crippen LogP contribution is 2.31. The Labute approximate surface area is 120 Å². The molecule has 0 bridgehead atoms. The minimum Gasteiger partial charge on any atom is -0.271 e. The van der Waals surface area contributed by atoms with Gasteiger partial charge in [-0.05, 0) is 32.8 Å². The van der Waals surface area contributed by atoms with Crippen LogP contribution in [-0.4, -0.2) is 20.8 Å². The van der Waals surface area contributed by atoms with Crippen molar-refractivity contribution >= 4 is 11.8 Å². The quantitative estimate of drug-likeness (QED) is 0.622. The molecular formula is C14H26N4S. The van der Waals surface area contributed by atoms with Gasteiger partial charge in [0.15, 0.2) is 0 Å². The summed E-state index contributed by atoms with van der Waals surface area (Å²) in [6, 6.07) is 2.64. The zero-order valence-corrected chi connectivity index (χ0v) is 12.8. The number of hydrazine groups is 1. The van der Waals surface area contributed by atoms with Gasteiger partial charge >= 0.3 is 0 Å². The molecule has 1 saturated carbocycles. The lowest BCUT2D eigenvalue weighted by atomic mass is 10.0. The standard InChI is InChI=1S/C14H26N4S/c1-11(2)18-14(8-9-16-18)13(17-15)10-19-12-6-4-3-5-7-12/h8-9,11-13,17H,3-7,10,15H2,1-2H3. The molecule has 19 heavy (non-hydrogen) atoms.